The molecule has 7 nitrogen and oxygen atoms in total. The van der Waals surface area contributed by atoms with E-state index < -0.39 is 20.1 Å². The van der Waals surface area contributed by atoms with E-state index in [1.165, 1.54) is 13.5 Å². The Labute approximate surface area is 191 Å². The fourth-order valence-electron chi connectivity index (χ4n) is 4.39. The average molecular weight is 458 g/mol. The SMILES string of the molecule is COC(=O)c1cc(C(O)c2ccc(N3CC4CC4C3)nc2C)cn1COCC[Si](C)(C)C. The van der Waals surface area contributed by atoms with E-state index in [1.807, 2.05) is 19.1 Å². The van der Waals surface area contributed by atoms with Crippen molar-refractivity contribution in [2.75, 3.05) is 31.7 Å². The van der Waals surface area contributed by atoms with Crippen molar-refractivity contribution in [3.63, 3.8) is 0 Å². The van der Waals surface area contributed by atoms with Gasteiger partial charge < -0.3 is 24.0 Å². The minimum absolute atomic E-state index is 0.245. The van der Waals surface area contributed by atoms with Gasteiger partial charge in [0.15, 0.2) is 0 Å². The van der Waals surface area contributed by atoms with E-state index >= 15 is 0 Å². The predicted molar refractivity (Wildman–Crippen MR) is 127 cm³/mol. The molecule has 32 heavy (non-hydrogen) atoms. The first kappa shape index (κ1) is 23.0. The molecule has 3 atom stereocenters. The van der Waals surface area contributed by atoms with Crippen LogP contribution in [0, 0.1) is 18.8 Å². The zero-order valence-electron chi connectivity index (χ0n) is 19.8. The second kappa shape index (κ2) is 9.00. The Hall–Kier alpha value is -2.16. The average Bonchev–Trinajstić information content (AvgIpc) is 3.15. The van der Waals surface area contributed by atoms with E-state index in [9.17, 15) is 9.90 Å². The van der Waals surface area contributed by atoms with E-state index in [2.05, 4.69) is 24.5 Å². The van der Waals surface area contributed by atoms with Gasteiger partial charge in [-0.05, 0) is 43.4 Å². The molecule has 0 spiro atoms. The number of aliphatic hydroxyl groups is 1. The van der Waals surface area contributed by atoms with Crippen LogP contribution >= 0.6 is 0 Å². The molecule has 1 saturated carbocycles. The molecule has 1 saturated heterocycles. The third-order valence-corrected chi connectivity index (χ3v) is 8.27. The zero-order chi connectivity index (χ0) is 23.0. The Morgan fingerprint density at radius 3 is 2.62 bits per heavy atom. The Kier molecular flexibility index (Phi) is 6.47. The third-order valence-electron chi connectivity index (χ3n) is 6.56. The van der Waals surface area contributed by atoms with Gasteiger partial charge in [0.25, 0.3) is 0 Å². The van der Waals surface area contributed by atoms with Crippen molar-refractivity contribution in [2.24, 2.45) is 11.8 Å². The van der Waals surface area contributed by atoms with Crippen molar-refractivity contribution in [2.45, 2.75) is 51.9 Å². The number of carbonyl (C=O) groups is 1. The van der Waals surface area contributed by atoms with Gasteiger partial charge in [-0.1, -0.05) is 25.7 Å². The minimum atomic E-state index is -1.19. The van der Waals surface area contributed by atoms with Gasteiger partial charge in [0.05, 0.1) is 7.11 Å². The summed E-state index contributed by atoms with van der Waals surface area (Å²) in [5.74, 6) is 2.21. The van der Waals surface area contributed by atoms with Crippen molar-refractivity contribution < 1.29 is 19.4 Å². The summed E-state index contributed by atoms with van der Waals surface area (Å²) in [6.45, 7) is 11.9. The summed E-state index contributed by atoms with van der Waals surface area (Å²) in [4.78, 5) is 19.4. The van der Waals surface area contributed by atoms with E-state index in [0.717, 1.165) is 48.0 Å². The van der Waals surface area contributed by atoms with Crippen LogP contribution in [-0.4, -0.2) is 55.5 Å². The number of ether oxygens (including phenoxy) is 2. The maximum absolute atomic E-state index is 12.3. The lowest BCUT2D eigenvalue weighted by atomic mass is 10.0. The number of hydrogen-bond acceptors (Lipinski definition) is 6. The highest BCUT2D eigenvalue weighted by Gasteiger charge is 2.45. The molecule has 3 unspecified atom stereocenters. The van der Waals surface area contributed by atoms with Gasteiger partial charge >= 0.3 is 5.97 Å². The van der Waals surface area contributed by atoms with Crippen LogP contribution < -0.4 is 4.90 Å². The summed E-state index contributed by atoms with van der Waals surface area (Å²) in [6, 6.07) is 6.67. The number of aliphatic hydroxyl groups excluding tert-OH is 1. The fraction of sp³-hybridized carbons (Fsp3) is 0.583. The Bertz CT molecular complexity index is 974. The summed E-state index contributed by atoms with van der Waals surface area (Å²) in [6.07, 6.45) is 2.25. The summed E-state index contributed by atoms with van der Waals surface area (Å²) in [7, 11) is 0.165. The molecule has 2 fully saturated rings. The van der Waals surface area contributed by atoms with Gasteiger partial charge in [-0.2, -0.15) is 0 Å². The zero-order valence-corrected chi connectivity index (χ0v) is 20.8. The number of methoxy groups -OCH3 is 1. The summed E-state index contributed by atoms with van der Waals surface area (Å²) in [5.41, 5.74) is 2.54. The van der Waals surface area contributed by atoms with Crippen LogP contribution in [0.1, 0.15) is 39.8 Å². The Morgan fingerprint density at radius 2 is 2.00 bits per heavy atom. The number of pyridine rings is 1. The number of esters is 1. The van der Waals surface area contributed by atoms with Gasteiger partial charge in [0.2, 0.25) is 0 Å². The first-order valence-electron chi connectivity index (χ1n) is 11.4. The van der Waals surface area contributed by atoms with Crippen LogP contribution in [0.4, 0.5) is 5.82 Å². The minimum Gasteiger partial charge on any atom is -0.464 e. The van der Waals surface area contributed by atoms with Crippen LogP contribution in [0.2, 0.25) is 25.7 Å². The Morgan fingerprint density at radius 1 is 1.28 bits per heavy atom. The van der Waals surface area contributed by atoms with Gasteiger partial charge in [-0.25, -0.2) is 9.78 Å². The van der Waals surface area contributed by atoms with Gasteiger partial charge in [0, 0.05) is 50.8 Å². The smallest absolute Gasteiger partial charge is 0.354 e. The van der Waals surface area contributed by atoms with Crippen LogP contribution in [0.15, 0.2) is 24.4 Å². The molecule has 1 aliphatic heterocycles. The highest BCUT2D eigenvalue weighted by Crippen LogP contribution is 2.46. The summed E-state index contributed by atoms with van der Waals surface area (Å²) >= 11 is 0. The van der Waals surface area contributed by atoms with Gasteiger partial charge in [-0.15, -0.1) is 0 Å². The standard InChI is InChI=1S/C24H35N3O4Si/c1-16-20(6-7-22(25-16)26-12-17-10-18(17)13-26)23(28)19-11-21(24(29)30-2)27(14-19)15-31-8-9-32(3,4)5/h6-7,11,14,17-18,23,28H,8-10,12-13,15H2,1-5H3. The molecule has 2 aromatic heterocycles. The van der Waals surface area contributed by atoms with Crippen molar-refractivity contribution in [3.8, 4) is 0 Å². The highest BCUT2D eigenvalue weighted by molar-refractivity contribution is 6.76. The molecule has 0 radical (unpaired) electrons. The molecular formula is C24H35N3O4Si. The van der Waals surface area contributed by atoms with Gasteiger partial charge in [0.1, 0.15) is 24.3 Å². The van der Waals surface area contributed by atoms with E-state index in [4.69, 9.17) is 14.5 Å². The first-order chi connectivity index (χ1) is 15.2. The van der Waals surface area contributed by atoms with Crippen molar-refractivity contribution in [1.82, 2.24) is 9.55 Å². The molecule has 174 valence electrons. The molecule has 2 aromatic rings. The monoisotopic (exact) mass is 457 g/mol. The maximum Gasteiger partial charge on any atom is 0.354 e. The second-order valence-corrected chi connectivity index (χ2v) is 16.0. The number of fused-ring (bicyclic) bond motifs is 1. The molecule has 0 bridgehead atoms. The lowest BCUT2D eigenvalue weighted by molar-refractivity contribution is 0.0540. The largest absolute Gasteiger partial charge is 0.464 e. The number of hydrogen-bond donors (Lipinski definition) is 1. The molecule has 0 aromatic carbocycles. The number of nitrogens with zero attached hydrogens (tertiary/aromatic N) is 3. The van der Waals surface area contributed by atoms with Crippen LogP contribution in [0.25, 0.3) is 0 Å². The molecular weight excluding hydrogens is 422 g/mol. The molecule has 4 rings (SSSR count). The van der Waals surface area contributed by atoms with E-state index in [1.54, 1.807) is 16.8 Å². The lowest BCUT2D eigenvalue weighted by Gasteiger charge is -2.21. The van der Waals surface area contributed by atoms with Crippen molar-refractivity contribution in [1.29, 1.82) is 0 Å². The summed E-state index contributed by atoms with van der Waals surface area (Å²) < 4.78 is 12.5. The topological polar surface area (TPSA) is 76.8 Å². The van der Waals surface area contributed by atoms with Crippen molar-refractivity contribution >= 4 is 19.9 Å². The lowest BCUT2D eigenvalue weighted by Crippen LogP contribution is -2.23. The molecule has 3 heterocycles. The fourth-order valence-corrected chi connectivity index (χ4v) is 5.15. The molecule has 1 aliphatic carbocycles. The quantitative estimate of drug-likeness (QED) is 0.350. The number of carbonyl (C=O) groups excluding carboxylic acids is 1. The van der Waals surface area contributed by atoms with Crippen molar-refractivity contribution in [3.05, 3.63) is 46.9 Å². The third kappa shape index (κ3) is 5.08. The predicted octanol–water partition coefficient (Wildman–Crippen LogP) is 3.83. The van der Waals surface area contributed by atoms with E-state index in [0.29, 0.717) is 17.9 Å². The molecule has 0 amide bonds. The normalized spacial score (nSPS) is 20.9. The number of rotatable bonds is 9. The maximum atomic E-state index is 12.3. The van der Waals surface area contributed by atoms with Crippen LogP contribution in [0.5, 0.6) is 0 Å². The number of aromatic nitrogens is 2. The molecule has 1 N–H and O–H groups in total. The number of piperidine rings is 1. The number of aryl methyl sites for hydroxylation is 1. The molecule has 2 aliphatic rings. The molecule has 8 heteroatoms. The van der Waals surface area contributed by atoms with E-state index in [-0.39, 0.29) is 6.73 Å². The van der Waals surface area contributed by atoms with Crippen LogP contribution in [-0.2, 0) is 16.2 Å². The Balaban J connectivity index is 1.49. The summed E-state index contributed by atoms with van der Waals surface area (Å²) in [5, 5.41) is 11.1. The second-order valence-electron chi connectivity index (χ2n) is 10.4. The first-order valence-corrected chi connectivity index (χ1v) is 15.1. The number of anilines is 1. The highest BCUT2D eigenvalue weighted by atomic mass is 28.3. The van der Waals surface area contributed by atoms with Gasteiger partial charge in [-0.3, -0.25) is 0 Å². The van der Waals surface area contributed by atoms with Crippen LogP contribution in [0.3, 0.4) is 0 Å².